The van der Waals surface area contributed by atoms with Crippen LogP contribution >= 0.6 is 0 Å². The molecular formula is C11H12N2O2. The van der Waals surface area contributed by atoms with E-state index in [0.29, 0.717) is 17.9 Å². The van der Waals surface area contributed by atoms with Gasteiger partial charge in [-0.3, -0.25) is 4.90 Å². The number of amides is 1. The summed E-state index contributed by atoms with van der Waals surface area (Å²) in [4.78, 5) is 15.4. The highest BCUT2D eigenvalue weighted by Gasteiger charge is 2.12. The van der Waals surface area contributed by atoms with E-state index in [0.717, 1.165) is 6.42 Å². The topological polar surface area (TPSA) is 44.9 Å². The smallest absolute Gasteiger partial charge is 0.411 e. The SMILES string of the molecule is [C-]#[N+]c1cccc(N(CCC)C(=O)O)c1. The lowest BCUT2D eigenvalue weighted by atomic mass is 10.2. The zero-order chi connectivity index (χ0) is 11.3. The van der Waals surface area contributed by atoms with E-state index < -0.39 is 6.09 Å². The van der Waals surface area contributed by atoms with Gasteiger partial charge in [0.05, 0.1) is 6.57 Å². The van der Waals surface area contributed by atoms with Gasteiger partial charge in [-0.2, -0.15) is 0 Å². The van der Waals surface area contributed by atoms with Gasteiger partial charge >= 0.3 is 6.09 Å². The van der Waals surface area contributed by atoms with Crippen LogP contribution < -0.4 is 4.90 Å². The van der Waals surface area contributed by atoms with Crippen molar-refractivity contribution in [3.63, 3.8) is 0 Å². The van der Waals surface area contributed by atoms with Crippen molar-refractivity contribution >= 4 is 17.5 Å². The number of hydrogen-bond acceptors (Lipinski definition) is 1. The molecule has 4 nitrogen and oxygen atoms in total. The van der Waals surface area contributed by atoms with Crippen LogP contribution in [0.5, 0.6) is 0 Å². The van der Waals surface area contributed by atoms with Crippen molar-refractivity contribution in [2.75, 3.05) is 11.4 Å². The molecule has 0 atom stereocenters. The molecule has 0 radical (unpaired) electrons. The summed E-state index contributed by atoms with van der Waals surface area (Å²) in [6.45, 7) is 9.20. The molecule has 78 valence electrons. The molecular weight excluding hydrogens is 192 g/mol. The monoisotopic (exact) mass is 204 g/mol. The standard InChI is InChI=1S/C11H12N2O2/c1-3-7-13(11(14)15)10-6-4-5-9(8-10)12-2/h4-6,8H,3,7H2,1H3,(H,14,15). The molecule has 0 aliphatic carbocycles. The van der Waals surface area contributed by atoms with E-state index in [1.807, 2.05) is 6.92 Å². The minimum Gasteiger partial charge on any atom is -0.465 e. The summed E-state index contributed by atoms with van der Waals surface area (Å²) in [6, 6.07) is 6.62. The number of carbonyl (C=O) groups is 1. The Morgan fingerprint density at radius 1 is 1.60 bits per heavy atom. The van der Waals surface area contributed by atoms with Gasteiger partial charge in [0.25, 0.3) is 0 Å². The molecule has 1 rings (SSSR count). The van der Waals surface area contributed by atoms with Gasteiger partial charge in [0.15, 0.2) is 5.69 Å². The average Bonchev–Trinajstić information content (AvgIpc) is 2.25. The molecule has 15 heavy (non-hydrogen) atoms. The molecule has 0 unspecified atom stereocenters. The summed E-state index contributed by atoms with van der Waals surface area (Å²) in [7, 11) is 0. The molecule has 1 amide bonds. The van der Waals surface area contributed by atoms with Gasteiger partial charge in [-0.15, -0.1) is 0 Å². The van der Waals surface area contributed by atoms with Crippen LogP contribution in [0, 0.1) is 6.57 Å². The number of nitrogens with zero attached hydrogens (tertiary/aromatic N) is 2. The first-order valence-corrected chi connectivity index (χ1v) is 4.67. The first-order chi connectivity index (χ1) is 7.19. The first kappa shape index (κ1) is 11.1. The third-order valence-corrected chi connectivity index (χ3v) is 1.95. The number of hydrogen-bond donors (Lipinski definition) is 1. The third kappa shape index (κ3) is 2.71. The van der Waals surface area contributed by atoms with E-state index in [-0.39, 0.29) is 0 Å². The zero-order valence-corrected chi connectivity index (χ0v) is 8.47. The Morgan fingerprint density at radius 3 is 2.87 bits per heavy atom. The highest BCUT2D eigenvalue weighted by molar-refractivity contribution is 5.86. The van der Waals surface area contributed by atoms with Crippen LogP contribution in [0.2, 0.25) is 0 Å². The second-order valence-electron chi connectivity index (χ2n) is 3.07. The van der Waals surface area contributed by atoms with Crippen LogP contribution in [0.15, 0.2) is 24.3 Å². The Morgan fingerprint density at radius 2 is 2.33 bits per heavy atom. The zero-order valence-electron chi connectivity index (χ0n) is 8.47. The number of anilines is 1. The Balaban J connectivity index is 3.01. The Hall–Kier alpha value is -2.02. The van der Waals surface area contributed by atoms with Crippen molar-refractivity contribution in [1.29, 1.82) is 0 Å². The molecule has 4 heteroatoms. The highest BCUT2D eigenvalue weighted by atomic mass is 16.4. The van der Waals surface area contributed by atoms with Gasteiger partial charge in [0.2, 0.25) is 0 Å². The fraction of sp³-hybridized carbons (Fsp3) is 0.273. The van der Waals surface area contributed by atoms with Crippen LogP contribution in [-0.2, 0) is 0 Å². The molecule has 1 N–H and O–H groups in total. The maximum absolute atomic E-state index is 10.9. The third-order valence-electron chi connectivity index (χ3n) is 1.95. The molecule has 0 bridgehead atoms. The second kappa shape index (κ2) is 5.01. The van der Waals surface area contributed by atoms with Gasteiger partial charge in [-0.25, -0.2) is 9.64 Å². The lowest BCUT2D eigenvalue weighted by Crippen LogP contribution is -2.29. The molecule has 0 heterocycles. The molecule has 0 spiro atoms. The maximum Gasteiger partial charge on any atom is 0.411 e. The molecule has 1 aromatic rings. The molecule has 0 saturated heterocycles. The fourth-order valence-electron chi connectivity index (χ4n) is 1.29. The largest absolute Gasteiger partial charge is 0.465 e. The molecule has 0 aliphatic heterocycles. The maximum atomic E-state index is 10.9. The molecule has 0 fully saturated rings. The number of rotatable bonds is 3. The van der Waals surface area contributed by atoms with Gasteiger partial charge in [-0.05, 0) is 18.6 Å². The molecule has 0 aromatic heterocycles. The summed E-state index contributed by atoms with van der Waals surface area (Å²) >= 11 is 0. The van der Waals surface area contributed by atoms with Crippen molar-refractivity contribution in [2.45, 2.75) is 13.3 Å². The van der Waals surface area contributed by atoms with Gasteiger partial charge < -0.3 is 5.11 Å². The van der Waals surface area contributed by atoms with Crippen LogP contribution in [0.25, 0.3) is 4.85 Å². The number of carboxylic acid groups (broad SMARTS) is 1. The molecule has 1 aromatic carbocycles. The number of benzene rings is 1. The summed E-state index contributed by atoms with van der Waals surface area (Å²) in [5, 5.41) is 8.97. The van der Waals surface area contributed by atoms with Crippen LogP contribution in [-0.4, -0.2) is 17.7 Å². The molecule has 0 aliphatic rings. The molecule has 0 saturated carbocycles. The Kier molecular flexibility index (Phi) is 3.69. The van der Waals surface area contributed by atoms with E-state index >= 15 is 0 Å². The van der Waals surface area contributed by atoms with E-state index in [1.165, 1.54) is 4.90 Å². The Labute approximate surface area is 88.6 Å². The summed E-state index contributed by atoms with van der Waals surface area (Å²) in [5.74, 6) is 0. The first-order valence-electron chi connectivity index (χ1n) is 4.67. The lowest BCUT2D eigenvalue weighted by molar-refractivity contribution is 0.202. The second-order valence-corrected chi connectivity index (χ2v) is 3.07. The van der Waals surface area contributed by atoms with Crippen LogP contribution in [0.1, 0.15) is 13.3 Å². The predicted molar refractivity (Wildman–Crippen MR) is 58.4 cm³/mol. The summed E-state index contributed by atoms with van der Waals surface area (Å²) < 4.78 is 0. The summed E-state index contributed by atoms with van der Waals surface area (Å²) in [6.07, 6.45) is -0.242. The minimum atomic E-state index is -0.987. The van der Waals surface area contributed by atoms with E-state index in [9.17, 15) is 4.79 Å². The average molecular weight is 204 g/mol. The van der Waals surface area contributed by atoms with Crippen molar-refractivity contribution < 1.29 is 9.90 Å². The van der Waals surface area contributed by atoms with E-state index in [1.54, 1.807) is 24.3 Å². The van der Waals surface area contributed by atoms with E-state index in [4.69, 9.17) is 11.7 Å². The lowest BCUT2D eigenvalue weighted by Gasteiger charge is -2.18. The van der Waals surface area contributed by atoms with Crippen LogP contribution in [0.3, 0.4) is 0 Å². The predicted octanol–water partition coefficient (Wildman–Crippen LogP) is 3.13. The quantitative estimate of drug-likeness (QED) is 0.769. The minimum absolute atomic E-state index is 0.441. The van der Waals surface area contributed by atoms with E-state index in [2.05, 4.69) is 4.85 Å². The van der Waals surface area contributed by atoms with Crippen LogP contribution in [0.4, 0.5) is 16.2 Å². The fourth-order valence-corrected chi connectivity index (χ4v) is 1.29. The van der Waals surface area contributed by atoms with Gasteiger partial charge in [0, 0.05) is 12.2 Å². The van der Waals surface area contributed by atoms with Crippen molar-refractivity contribution in [1.82, 2.24) is 0 Å². The van der Waals surface area contributed by atoms with Gasteiger partial charge in [0.1, 0.15) is 0 Å². The van der Waals surface area contributed by atoms with Crippen molar-refractivity contribution in [2.24, 2.45) is 0 Å². The van der Waals surface area contributed by atoms with Gasteiger partial charge in [-0.1, -0.05) is 19.1 Å². The van der Waals surface area contributed by atoms with Crippen molar-refractivity contribution in [3.8, 4) is 0 Å². The highest BCUT2D eigenvalue weighted by Crippen LogP contribution is 2.21. The Bertz CT molecular complexity index is 396. The van der Waals surface area contributed by atoms with Crippen molar-refractivity contribution in [3.05, 3.63) is 35.7 Å². The normalized spacial score (nSPS) is 9.33. The summed E-state index contributed by atoms with van der Waals surface area (Å²) in [5.41, 5.74) is 1.01.